The van der Waals surface area contributed by atoms with Crippen LogP contribution in [0.2, 0.25) is 5.02 Å². The SMILES string of the molecule is O=C1CCCCc2ccc(NC(=O)c3ccc(Cl)cc3NS(=O)(=O)c3nccc4sncc34)cc21. The van der Waals surface area contributed by atoms with Gasteiger partial charge in [-0.05, 0) is 72.8 Å². The van der Waals surface area contributed by atoms with Crippen molar-refractivity contribution in [1.29, 1.82) is 0 Å². The number of carbonyl (C=O) groups excluding carboxylic acids is 2. The van der Waals surface area contributed by atoms with Crippen molar-refractivity contribution in [1.82, 2.24) is 9.36 Å². The molecule has 2 aromatic heterocycles. The minimum Gasteiger partial charge on any atom is -0.322 e. The summed E-state index contributed by atoms with van der Waals surface area (Å²) in [6, 6.07) is 11.2. The summed E-state index contributed by atoms with van der Waals surface area (Å²) in [4.78, 5) is 29.6. The third-order valence-electron chi connectivity index (χ3n) is 5.74. The highest BCUT2D eigenvalue weighted by Gasteiger charge is 2.24. The number of hydrogen-bond donors (Lipinski definition) is 2. The Morgan fingerprint density at radius 1 is 1.06 bits per heavy atom. The molecule has 0 saturated carbocycles. The molecule has 178 valence electrons. The molecule has 0 saturated heterocycles. The Kier molecular flexibility index (Phi) is 6.26. The molecule has 0 bridgehead atoms. The normalized spacial score (nSPS) is 13.8. The van der Waals surface area contributed by atoms with Gasteiger partial charge in [0.25, 0.3) is 15.9 Å². The summed E-state index contributed by atoms with van der Waals surface area (Å²) in [7, 11) is -4.16. The average molecular weight is 527 g/mol. The predicted molar refractivity (Wildman–Crippen MR) is 136 cm³/mol. The topological polar surface area (TPSA) is 118 Å². The molecule has 35 heavy (non-hydrogen) atoms. The first-order valence-electron chi connectivity index (χ1n) is 10.8. The number of aryl methyl sites for hydroxylation is 1. The first kappa shape index (κ1) is 23.4. The standard InChI is InChI=1S/C24H19ClN4O4S2/c25-15-6-8-17(23(31)28-16-7-5-14-3-1-2-4-21(30)18(14)12-16)20(11-15)29-35(32,33)24-19-13-27-34-22(19)9-10-26-24/h5-13,29H,1-4H2,(H,28,31). The van der Waals surface area contributed by atoms with Crippen molar-refractivity contribution in [3.05, 3.63) is 76.6 Å². The zero-order chi connectivity index (χ0) is 24.6. The molecule has 4 aromatic rings. The van der Waals surface area contributed by atoms with Gasteiger partial charge in [0.1, 0.15) is 0 Å². The third kappa shape index (κ3) is 4.77. The maximum atomic E-state index is 13.2. The third-order valence-corrected chi connectivity index (χ3v) is 8.06. The highest BCUT2D eigenvalue weighted by Crippen LogP contribution is 2.29. The number of halogens is 1. The summed E-state index contributed by atoms with van der Waals surface area (Å²) in [5.74, 6) is -0.498. The van der Waals surface area contributed by atoms with Crippen molar-refractivity contribution in [3.8, 4) is 0 Å². The summed E-state index contributed by atoms with van der Waals surface area (Å²) in [6.45, 7) is 0. The van der Waals surface area contributed by atoms with Gasteiger partial charge in [-0.3, -0.25) is 14.3 Å². The number of fused-ring (bicyclic) bond motifs is 2. The van der Waals surface area contributed by atoms with E-state index in [0.29, 0.717) is 27.8 Å². The molecule has 5 rings (SSSR count). The molecule has 11 heteroatoms. The van der Waals surface area contributed by atoms with E-state index in [-0.39, 0.29) is 27.1 Å². The van der Waals surface area contributed by atoms with Crippen molar-refractivity contribution in [2.24, 2.45) is 0 Å². The van der Waals surface area contributed by atoms with Crippen LogP contribution in [0.25, 0.3) is 10.1 Å². The number of ketones is 1. The number of aromatic nitrogens is 2. The van der Waals surface area contributed by atoms with Crippen LogP contribution >= 0.6 is 23.1 Å². The highest BCUT2D eigenvalue weighted by molar-refractivity contribution is 7.92. The number of Topliss-reactive ketones (excluding diaryl/α,β-unsaturated/α-hetero) is 1. The van der Waals surface area contributed by atoms with Crippen LogP contribution in [0.3, 0.4) is 0 Å². The number of pyridine rings is 1. The summed E-state index contributed by atoms with van der Waals surface area (Å²) in [5.41, 5.74) is 2.09. The molecule has 2 N–H and O–H groups in total. The molecule has 0 spiro atoms. The van der Waals surface area contributed by atoms with Gasteiger partial charge in [-0.15, -0.1) is 0 Å². The van der Waals surface area contributed by atoms with Crippen molar-refractivity contribution in [3.63, 3.8) is 0 Å². The van der Waals surface area contributed by atoms with Gasteiger partial charge in [0.15, 0.2) is 10.8 Å². The number of rotatable bonds is 5. The minimum atomic E-state index is -4.16. The van der Waals surface area contributed by atoms with Crippen molar-refractivity contribution in [2.75, 3.05) is 10.0 Å². The molecule has 2 heterocycles. The molecular formula is C24H19ClN4O4S2. The lowest BCUT2D eigenvalue weighted by atomic mass is 10.0. The van der Waals surface area contributed by atoms with Crippen LogP contribution in [0.5, 0.6) is 0 Å². The molecule has 1 aliphatic rings. The fraction of sp³-hybridized carbons (Fsp3) is 0.167. The Balaban J connectivity index is 1.46. The second-order valence-corrected chi connectivity index (χ2v) is 11.0. The molecule has 0 aliphatic heterocycles. The first-order chi connectivity index (χ1) is 16.8. The number of amides is 1. The fourth-order valence-corrected chi connectivity index (χ4v) is 6.13. The number of anilines is 2. The van der Waals surface area contributed by atoms with E-state index in [1.807, 2.05) is 6.07 Å². The monoisotopic (exact) mass is 526 g/mol. The van der Waals surface area contributed by atoms with Crippen LogP contribution in [0.1, 0.15) is 45.5 Å². The van der Waals surface area contributed by atoms with Crippen LogP contribution in [-0.2, 0) is 16.4 Å². The molecular weight excluding hydrogens is 508 g/mol. The Bertz CT molecular complexity index is 1580. The van der Waals surface area contributed by atoms with E-state index in [0.717, 1.165) is 36.4 Å². The minimum absolute atomic E-state index is 0.00262. The van der Waals surface area contributed by atoms with E-state index in [2.05, 4.69) is 19.4 Å². The Morgan fingerprint density at radius 3 is 2.74 bits per heavy atom. The molecule has 0 fully saturated rings. The lowest BCUT2D eigenvalue weighted by Gasteiger charge is -2.14. The smallest absolute Gasteiger partial charge is 0.280 e. The lowest BCUT2D eigenvalue weighted by Crippen LogP contribution is -2.19. The number of sulfonamides is 1. The van der Waals surface area contributed by atoms with E-state index < -0.39 is 15.9 Å². The van der Waals surface area contributed by atoms with Gasteiger partial charge in [0.2, 0.25) is 0 Å². The van der Waals surface area contributed by atoms with E-state index >= 15 is 0 Å². The maximum Gasteiger partial charge on any atom is 0.280 e. The Morgan fingerprint density at radius 2 is 1.89 bits per heavy atom. The van der Waals surface area contributed by atoms with Crippen LogP contribution in [-0.4, -0.2) is 29.5 Å². The molecule has 0 unspecified atom stereocenters. The van der Waals surface area contributed by atoms with Crippen LogP contribution in [0, 0.1) is 0 Å². The van der Waals surface area contributed by atoms with Crippen LogP contribution in [0.4, 0.5) is 11.4 Å². The van der Waals surface area contributed by atoms with Crippen molar-refractivity contribution >= 4 is 66.3 Å². The number of hydrogen-bond acceptors (Lipinski definition) is 7. The number of carbonyl (C=O) groups is 2. The second kappa shape index (κ2) is 9.37. The van der Waals surface area contributed by atoms with Gasteiger partial charge in [0, 0.05) is 28.9 Å². The number of benzene rings is 2. The quantitative estimate of drug-likeness (QED) is 0.340. The zero-order valence-electron chi connectivity index (χ0n) is 18.2. The van der Waals surface area contributed by atoms with Crippen molar-refractivity contribution < 1.29 is 18.0 Å². The number of nitrogens with zero attached hydrogens (tertiary/aromatic N) is 2. The molecule has 1 amide bonds. The van der Waals surface area contributed by atoms with E-state index in [1.165, 1.54) is 30.6 Å². The lowest BCUT2D eigenvalue weighted by molar-refractivity contribution is 0.0979. The molecule has 0 radical (unpaired) electrons. The summed E-state index contributed by atoms with van der Waals surface area (Å²) in [6.07, 6.45) is 5.91. The van der Waals surface area contributed by atoms with Gasteiger partial charge in [-0.25, -0.2) is 4.98 Å². The average Bonchev–Trinajstić information content (AvgIpc) is 3.23. The van der Waals surface area contributed by atoms with E-state index in [9.17, 15) is 18.0 Å². The summed E-state index contributed by atoms with van der Waals surface area (Å²) >= 11 is 7.27. The van der Waals surface area contributed by atoms with Gasteiger partial charge in [0.05, 0.1) is 27.5 Å². The fourth-order valence-electron chi connectivity index (χ4n) is 4.04. The second-order valence-electron chi connectivity index (χ2n) is 8.11. The number of nitrogens with one attached hydrogen (secondary N) is 2. The van der Waals surface area contributed by atoms with Gasteiger partial charge in [-0.1, -0.05) is 17.7 Å². The predicted octanol–water partition coefficient (Wildman–Crippen LogP) is 5.31. The van der Waals surface area contributed by atoms with Crippen LogP contribution in [0.15, 0.2) is 59.9 Å². The Labute approximate surface area is 210 Å². The maximum absolute atomic E-state index is 13.2. The van der Waals surface area contributed by atoms with Gasteiger partial charge in [-0.2, -0.15) is 12.8 Å². The van der Waals surface area contributed by atoms with Gasteiger partial charge < -0.3 is 5.32 Å². The zero-order valence-corrected chi connectivity index (χ0v) is 20.6. The van der Waals surface area contributed by atoms with Gasteiger partial charge >= 0.3 is 0 Å². The molecule has 1 aliphatic carbocycles. The first-order valence-corrected chi connectivity index (χ1v) is 13.4. The van der Waals surface area contributed by atoms with Crippen LogP contribution < -0.4 is 10.0 Å². The van der Waals surface area contributed by atoms with Crippen molar-refractivity contribution in [2.45, 2.75) is 30.7 Å². The molecule has 2 aromatic carbocycles. The molecule has 8 nitrogen and oxygen atoms in total. The summed E-state index contributed by atoms with van der Waals surface area (Å²) < 4.78 is 33.5. The van der Waals surface area contributed by atoms with E-state index in [1.54, 1.807) is 18.2 Å². The summed E-state index contributed by atoms with van der Waals surface area (Å²) in [5, 5.41) is 3.20. The largest absolute Gasteiger partial charge is 0.322 e. The molecule has 0 atom stereocenters. The highest BCUT2D eigenvalue weighted by atomic mass is 35.5. The Hall–Kier alpha value is -3.34. The van der Waals surface area contributed by atoms with E-state index in [4.69, 9.17) is 11.6 Å².